The van der Waals surface area contributed by atoms with Crippen LogP contribution in [0.3, 0.4) is 0 Å². The molecule has 0 spiro atoms. The van der Waals surface area contributed by atoms with Crippen molar-refractivity contribution in [2.45, 2.75) is 5.75 Å². The first-order chi connectivity index (χ1) is 5.08. The molecule has 12 heavy (non-hydrogen) atoms. The van der Waals surface area contributed by atoms with Crippen LogP contribution in [0, 0.1) is 0 Å². The third-order valence-electron chi connectivity index (χ3n) is 1.19. The van der Waals surface area contributed by atoms with Crippen LogP contribution in [0.2, 0.25) is 0 Å². The van der Waals surface area contributed by atoms with E-state index in [-0.39, 0.29) is 25.2 Å². The zero-order valence-corrected chi connectivity index (χ0v) is 10.3. The zero-order chi connectivity index (χ0) is 8.32. The first-order valence-electron chi connectivity index (χ1n) is 3.07. The van der Waals surface area contributed by atoms with Gasteiger partial charge in [0.1, 0.15) is 5.75 Å². The minimum Gasteiger partial charge on any atom is -0.285 e. The summed E-state index contributed by atoms with van der Waals surface area (Å²) < 4.78 is 29.2. The molecule has 5 heteroatoms. The minimum atomic E-state index is -3.88. The summed E-state index contributed by atoms with van der Waals surface area (Å²) in [5, 5.41) is 0. The average Bonchev–Trinajstić information content (AvgIpc) is 1.85. The van der Waals surface area contributed by atoms with Gasteiger partial charge in [0.15, 0.2) is 0 Å². The van der Waals surface area contributed by atoms with E-state index in [1.807, 2.05) is 0 Å². The monoisotopic (exact) mass is 236 g/mol. The van der Waals surface area contributed by atoms with E-state index in [1.54, 1.807) is 30.3 Å². The van der Waals surface area contributed by atoms with Gasteiger partial charge in [0, 0.05) is 0 Å². The maximum atomic E-state index is 10.4. The number of benzene rings is 1. The second-order valence-corrected chi connectivity index (χ2v) is 3.66. The molecule has 60 valence electrons. The van der Waals surface area contributed by atoms with Crippen LogP contribution in [-0.4, -0.2) is 13.0 Å². The van der Waals surface area contributed by atoms with Crippen molar-refractivity contribution in [1.29, 1.82) is 0 Å². The molecule has 0 saturated heterocycles. The Morgan fingerprint density at radius 2 is 1.67 bits per heavy atom. The van der Waals surface area contributed by atoms with Crippen molar-refractivity contribution in [2.75, 3.05) is 0 Å². The van der Waals surface area contributed by atoms with Gasteiger partial charge in [-0.25, -0.2) is 0 Å². The fourth-order valence-corrected chi connectivity index (χ4v) is 1.40. The van der Waals surface area contributed by atoms with Crippen molar-refractivity contribution in [2.24, 2.45) is 0 Å². The molecule has 0 radical (unpaired) electrons. The Labute approximate surface area is 84.3 Å². The summed E-state index contributed by atoms with van der Waals surface area (Å²) >= 11 is 0. The van der Waals surface area contributed by atoms with E-state index < -0.39 is 10.1 Å². The van der Waals surface area contributed by atoms with Gasteiger partial charge in [-0.15, -0.1) is 0 Å². The predicted molar refractivity (Wildman–Crippen MR) is 41.7 cm³/mol. The van der Waals surface area contributed by atoms with E-state index in [9.17, 15) is 8.42 Å². The molecule has 3 nitrogen and oxygen atoms in total. The van der Waals surface area contributed by atoms with Crippen molar-refractivity contribution in [3.8, 4) is 0 Å². The molecule has 0 bridgehead atoms. The third kappa shape index (κ3) is 4.59. The molecule has 0 aliphatic rings. The molecular formula is C7H8O3SZn+2. The molecule has 0 aliphatic heterocycles. The van der Waals surface area contributed by atoms with Gasteiger partial charge in [-0.2, -0.15) is 8.42 Å². The van der Waals surface area contributed by atoms with Gasteiger partial charge >= 0.3 is 19.5 Å². The Balaban J connectivity index is 0.00000121. The Morgan fingerprint density at radius 3 is 2.08 bits per heavy atom. The zero-order valence-electron chi connectivity index (χ0n) is 6.47. The molecule has 0 amide bonds. The molecule has 0 fully saturated rings. The summed E-state index contributed by atoms with van der Waals surface area (Å²) in [5.41, 5.74) is 0.593. The number of hydrogen-bond donors (Lipinski definition) is 1. The summed E-state index contributed by atoms with van der Waals surface area (Å²) in [7, 11) is -3.88. The van der Waals surface area contributed by atoms with E-state index >= 15 is 0 Å². The fraction of sp³-hybridized carbons (Fsp3) is 0.143. The van der Waals surface area contributed by atoms with Crippen LogP contribution < -0.4 is 0 Å². The molecule has 0 saturated carbocycles. The average molecular weight is 238 g/mol. The molecule has 0 unspecified atom stereocenters. The van der Waals surface area contributed by atoms with Crippen LogP contribution in [0.15, 0.2) is 30.3 Å². The van der Waals surface area contributed by atoms with Crippen LogP contribution >= 0.6 is 0 Å². The van der Waals surface area contributed by atoms with Crippen LogP contribution in [0.25, 0.3) is 0 Å². The van der Waals surface area contributed by atoms with Crippen LogP contribution in [0.4, 0.5) is 0 Å². The minimum absolute atomic E-state index is 0. The first kappa shape index (κ1) is 11.8. The Bertz CT molecular complexity index is 320. The molecule has 1 N–H and O–H groups in total. The third-order valence-corrected chi connectivity index (χ3v) is 1.89. The van der Waals surface area contributed by atoms with E-state index in [0.717, 1.165) is 0 Å². The van der Waals surface area contributed by atoms with E-state index in [0.29, 0.717) is 5.56 Å². The van der Waals surface area contributed by atoms with Crippen molar-refractivity contribution in [1.82, 2.24) is 0 Å². The first-order valence-corrected chi connectivity index (χ1v) is 4.68. The van der Waals surface area contributed by atoms with Gasteiger partial charge in [0.25, 0.3) is 10.1 Å². The van der Waals surface area contributed by atoms with Gasteiger partial charge in [-0.3, -0.25) is 4.55 Å². The quantitative estimate of drug-likeness (QED) is 0.618. The second-order valence-electron chi connectivity index (χ2n) is 2.21. The summed E-state index contributed by atoms with van der Waals surface area (Å²) in [6.07, 6.45) is 0. The normalized spacial score (nSPS) is 10.4. The van der Waals surface area contributed by atoms with Gasteiger partial charge in [0.05, 0.1) is 0 Å². The molecule has 0 aliphatic carbocycles. The molecule has 1 aromatic rings. The maximum Gasteiger partial charge on any atom is 2.00 e. The molecule has 0 heterocycles. The number of rotatable bonds is 2. The van der Waals surface area contributed by atoms with Gasteiger partial charge in [-0.05, 0) is 5.56 Å². The van der Waals surface area contributed by atoms with Crippen molar-refractivity contribution in [3.05, 3.63) is 35.9 Å². The maximum absolute atomic E-state index is 10.4. The molecule has 0 atom stereocenters. The summed E-state index contributed by atoms with van der Waals surface area (Å²) in [6.45, 7) is 0. The van der Waals surface area contributed by atoms with Gasteiger partial charge in [-0.1, -0.05) is 30.3 Å². The SMILES string of the molecule is O=S(=O)(O)Cc1ccccc1.[Zn+2]. The van der Waals surface area contributed by atoms with Crippen molar-refractivity contribution < 1.29 is 32.4 Å². The van der Waals surface area contributed by atoms with E-state index in [2.05, 4.69) is 0 Å². The summed E-state index contributed by atoms with van der Waals surface area (Å²) in [4.78, 5) is 0. The van der Waals surface area contributed by atoms with E-state index in [1.165, 1.54) is 0 Å². The fourth-order valence-electron chi connectivity index (χ4n) is 0.785. The smallest absolute Gasteiger partial charge is 0.285 e. The Hall–Kier alpha value is -0.247. The molecule has 0 aromatic heterocycles. The van der Waals surface area contributed by atoms with Crippen LogP contribution in [-0.2, 0) is 35.3 Å². The number of hydrogen-bond acceptors (Lipinski definition) is 2. The Morgan fingerprint density at radius 1 is 1.17 bits per heavy atom. The largest absolute Gasteiger partial charge is 2.00 e. The summed E-state index contributed by atoms with van der Waals surface area (Å²) in [5.74, 6) is -0.312. The molecular weight excluding hydrogens is 230 g/mol. The van der Waals surface area contributed by atoms with Gasteiger partial charge < -0.3 is 0 Å². The Kier molecular flexibility index (Phi) is 4.60. The van der Waals surface area contributed by atoms with Crippen LogP contribution in [0.1, 0.15) is 5.56 Å². The second kappa shape index (κ2) is 4.70. The van der Waals surface area contributed by atoms with Gasteiger partial charge in [0.2, 0.25) is 0 Å². The standard InChI is InChI=1S/C7H8O3S.Zn/c8-11(9,10)6-7-4-2-1-3-5-7;/h1-5H,6H2,(H,8,9,10);/q;+2. The van der Waals surface area contributed by atoms with Crippen LogP contribution in [0.5, 0.6) is 0 Å². The van der Waals surface area contributed by atoms with Crippen molar-refractivity contribution in [3.63, 3.8) is 0 Å². The van der Waals surface area contributed by atoms with Crippen molar-refractivity contribution >= 4 is 10.1 Å². The molecule has 1 rings (SSSR count). The van der Waals surface area contributed by atoms with E-state index in [4.69, 9.17) is 4.55 Å². The predicted octanol–water partition coefficient (Wildman–Crippen LogP) is 1.07. The topological polar surface area (TPSA) is 54.4 Å². The molecule has 1 aromatic carbocycles. The summed E-state index contributed by atoms with van der Waals surface area (Å²) in [6, 6.07) is 8.52.